The lowest BCUT2D eigenvalue weighted by Crippen LogP contribution is -2.47. The Labute approximate surface area is 118 Å². The Balaban J connectivity index is 2.01. The highest BCUT2D eigenvalue weighted by atomic mass is 32.2. The summed E-state index contributed by atoms with van der Waals surface area (Å²) in [6.07, 6.45) is 1.48. The lowest BCUT2D eigenvalue weighted by atomic mass is 10.2. The number of carbonyl (C=O) groups excluding carboxylic acids is 1. The van der Waals surface area contributed by atoms with Gasteiger partial charge in [0.2, 0.25) is 0 Å². The van der Waals surface area contributed by atoms with Crippen molar-refractivity contribution in [1.82, 2.24) is 10.0 Å². The molecule has 0 heterocycles. The smallest absolute Gasteiger partial charge is 0.329 e. The molecule has 110 valence electrons. The van der Waals surface area contributed by atoms with Gasteiger partial charge in [-0.2, -0.15) is 0 Å². The molecular formula is C13H18N2O4S. The van der Waals surface area contributed by atoms with Crippen molar-refractivity contribution >= 4 is 16.1 Å². The number of carbonyl (C=O) groups is 1. The monoisotopic (exact) mass is 298 g/mol. The van der Waals surface area contributed by atoms with Gasteiger partial charge in [0.1, 0.15) is 0 Å². The fraction of sp³-hybridized carbons (Fsp3) is 0.462. The van der Waals surface area contributed by atoms with Crippen LogP contribution in [0.2, 0.25) is 0 Å². The van der Waals surface area contributed by atoms with E-state index in [4.69, 9.17) is 0 Å². The fourth-order valence-electron chi connectivity index (χ4n) is 2.21. The standard InChI is InChI=1S/C13H18N2O4S/c1-9-5-7-10(8-6-9)20(18,19)15-13(17)14-11-3-2-4-12(11)16/h5-8,11-12,16H,2-4H2,1H3,(H2,14,15,17)/t11-,12+/m1/s1. The van der Waals surface area contributed by atoms with Crippen molar-refractivity contribution < 1.29 is 18.3 Å². The Kier molecular flexibility index (Phi) is 4.29. The average Bonchev–Trinajstić information content (AvgIpc) is 2.74. The van der Waals surface area contributed by atoms with Crippen LogP contribution in [0, 0.1) is 6.92 Å². The third-order valence-electron chi connectivity index (χ3n) is 3.35. The molecule has 1 aliphatic carbocycles. The first-order chi connectivity index (χ1) is 9.38. The van der Waals surface area contributed by atoms with Gasteiger partial charge in [0.15, 0.2) is 0 Å². The van der Waals surface area contributed by atoms with Crippen LogP contribution in [0.25, 0.3) is 0 Å². The Hall–Kier alpha value is -1.60. The van der Waals surface area contributed by atoms with Crippen molar-refractivity contribution in [3.8, 4) is 0 Å². The van der Waals surface area contributed by atoms with E-state index in [1.165, 1.54) is 12.1 Å². The molecule has 6 nitrogen and oxygen atoms in total. The van der Waals surface area contributed by atoms with Crippen molar-refractivity contribution in [2.75, 3.05) is 0 Å². The summed E-state index contributed by atoms with van der Waals surface area (Å²) in [5, 5.41) is 12.1. The summed E-state index contributed by atoms with van der Waals surface area (Å²) in [4.78, 5) is 11.7. The predicted molar refractivity (Wildman–Crippen MR) is 73.7 cm³/mol. The van der Waals surface area contributed by atoms with Crippen molar-refractivity contribution in [2.24, 2.45) is 0 Å². The zero-order valence-corrected chi connectivity index (χ0v) is 12.0. The molecule has 1 saturated carbocycles. The lowest BCUT2D eigenvalue weighted by Gasteiger charge is -2.16. The van der Waals surface area contributed by atoms with Gasteiger partial charge in [0, 0.05) is 0 Å². The van der Waals surface area contributed by atoms with Crippen molar-refractivity contribution in [1.29, 1.82) is 0 Å². The summed E-state index contributed by atoms with van der Waals surface area (Å²) in [6.45, 7) is 1.85. The first-order valence-corrected chi connectivity index (χ1v) is 7.95. The number of nitrogens with one attached hydrogen (secondary N) is 2. The Bertz CT molecular complexity index is 583. The number of aryl methyl sites for hydroxylation is 1. The van der Waals surface area contributed by atoms with E-state index in [9.17, 15) is 18.3 Å². The SMILES string of the molecule is Cc1ccc(S(=O)(=O)NC(=O)N[C@@H]2CCC[C@@H]2O)cc1. The van der Waals surface area contributed by atoms with Crippen LogP contribution >= 0.6 is 0 Å². The maximum atomic E-state index is 12.0. The molecule has 0 saturated heterocycles. The number of amides is 2. The number of aliphatic hydroxyl groups is 1. The van der Waals surface area contributed by atoms with Gasteiger partial charge in [-0.3, -0.25) is 0 Å². The molecule has 2 atom stereocenters. The molecule has 1 aliphatic rings. The minimum atomic E-state index is -3.88. The molecule has 20 heavy (non-hydrogen) atoms. The zero-order valence-electron chi connectivity index (χ0n) is 11.2. The lowest BCUT2D eigenvalue weighted by molar-refractivity contribution is 0.150. The van der Waals surface area contributed by atoms with Gasteiger partial charge in [0.25, 0.3) is 10.0 Å². The molecule has 1 fully saturated rings. The highest BCUT2D eigenvalue weighted by molar-refractivity contribution is 7.90. The molecule has 0 spiro atoms. The zero-order chi connectivity index (χ0) is 14.8. The molecule has 1 aromatic carbocycles. The molecule has 0 radical (unpaired) electrons. The number of sulfonamides is 1. The van der Waals surface area contributed by atoms with Gasteiger partial charge in [-0.05, 0) is 38.3 Å². The van der Waals surface area contributed by atoms with Crippen molar-refractivity contribution in [3.05, 3.63) is 29.8 Å². The van der Waals surface area contributed by atoms with Crippen LogP contribution in [-0.4, -0.2) is 31.7 Å². The highest BCUT2D eigenvalue weighted by Crippen LogP contribution is 2.18. The molecular weight excluding hydrogens is 280 g/mol. The quantitative estimate of drug-likeness (QED) is 0.772. The summed E-state index contributed by atoms with van der Waals surface area (Å²) in [5.74, 6) is 0. The van der Waals surface area contributed by atoms with E-state index in [-0.39, 0.29) is 10.9 Å². The van der Waals surface area contributed by atoms with Crippen LogP contribution in [0.3, 0.4) is 0 Å². The first-order valence-electron chi connectivity index (χ1n) is 6.46. The topological polar surface area (TPSA) is 95.5 Å². The summed E-state index contributed by atoms with van der Waals surface area (Å²) < 4.78 is 25.9. The number of hydrogen-bond donors (Lipinski definition) is 3. The second-order valence-corrected chi connectivity index (χ2v) is 6.68. The van der Waals surface area contributed by atoms with E-state index in [2.05, 4.69) is 5.32 Å². The van der Waals surface area contributed by atoms with E-state index < -0.39 is 22.2 Å². The Morgan fingerprint density at radius 2 is 1.90 bits per heavy atom. The summed E-state index contributed by atoms with van der Waals surface area (Å²) in [5.41, 5.74) is 0.933. The van der Waals surface area contributed by atoms with Crippen molar-refractivity contribution in [2.45, 2.75) is 43.2 Å². The number of hydrogen-bond acceptors (Lipinski definition) is 4. The number of rotatable bonds is 3. The van der Waals surface area contributed by atoms with Crippen LogP contribution in [0.1, 0.15) is 24.8 Å². The summed E-state index contributed by atoms with van der Waals surface area (Å²) in [6, 6.07) is 5.00. The Morgan fingerprint density at radius 1 is 1.25 bits per heavy atom. The van der Waals surface area contributed by atoms with Gasteiger partial charge < -0.3 is 10.4 Å². The van der Waals surface area contributed by atoms with Gasteiger partial charge in [-0.25, -0.2) is 17.9 Å². The van der Waals surface area contributed by atoms with Crippen LogP contribution in [-0.2, 0) is 10.0 Å². The molecule has 1 aromatic rings. The fourth-order valence-corrected chi connectivity index (χ4v) is 3.12. The summed E-state index contributed by atoms with van der Waals surface area (Å²) in [7, 11) is -3.88. The summed E-state index contributed by atoms with van der Waals surface area (Å²) >= 11 is 0. The minimum Gasteiger partial charge on any atom is -0.391 e. The van der Waals surface area contributed by atoms with Crippen molar-refractivity contribution in [3.63, 3.8) is 0 Å². The third-order valence-corrected chi connectivity index (χ3v) is 4.70. The molecule has 0 unspecified atom stereocenters. The normalized spacial score (nSPS) is 22.5. The second kappa shape index (κ2) is 5.80. The van der Waals surface area contributed by atoms with E-state index in [0.717, 1.165) is 12.0 Å². The molecule has 0 aromatic heterocycles. The largest absolute Gasteiger partial charge is 0.391 e. The first kappa shape index (κ1) is 14.8. The van der Waals surface area contributed by atoms with E-state index in [0.29, 0.717) is 12.8 Å². The van der Waals surface area contributed by atoms with Crippen LogP contribution < -0.4 is 10.0 Å². The average molecular weight is 298 g/mol. The number of aliphatic hydroxyl groups excluding tert-OH is 1. The molecule has 2 amide bonds. The molecule has 0 bridgehead atoms. The highest BCUT2D eigenvalue weighted by Gasteiger charge is 2.28. The second-order valence-electron chi connectivity index (χ2n) is 5.00. The van der Waals surface area contributed by atoms with Crippen LogP contribution in [0.15, 0.2) is 29.2 Å². The van der Waals surface area contributed by atoms with Gasteiger partial charge >= 0.3 is 6.03 Å². The number of urea groups is 1. The van der Waals surface area contributed by atoms with E-state index in [1.807, 2.05) is 11.6 Å². The van der Waals surface area contributed by atoms with Crippen LogP contribution in [0.5, 0.6) is 0 Å². The third kappa shape index (κ3) is 3.49. The van der Waals surface area contributed by atoms with Crippen LogP contribution in [0.4, 0.5) is 4.79 Å². The maximum absolute atomic E-state index is 12.0. The molecule has 7 heteroatoms. The van der Waals surface area contributed by atoms with Gasteiger partial charge in [-0.1, -0.05) is 17.7 Å². The van der Waals surface area contributed by atoms with E-state index >= 15 is 0 Å². The minimum absolute atomic E-state index is 0.0326. The molecule has 3 N–H and O–H groups in total. The Morgan fingerprint density at radius 3 is 2.45 bits per heavy atom. The van der Waals surface area contributed by atoms with E-state index in [1.54, 1.807) is 12.1 Å². The molecule has 2 rings (SSSR count). The van der Waals surface area contributed by atoms with Gasteiger partial charge in [-0.15, -0.1) is 0 Å². The maximum Gasteiger partial charge on any atom is 0.329 e. The van der Waals surface area contributed by atoms with Gasteiger partial charge in [0.05, 0.1) is 17.0 Å². The predicted octanol–water partition coefficient (Wildman–Crippen LogP) is 0.896. The number of benzene rings is 1. The molecule has 0 aliphatic heterocycles.